The molecule has 0 radical (unpaired) electrons. The molecule has 0 amide bonds. The number of hydrogen-bond acceptors (Lipinski definition) is 3. The van der Waals surface area contributed by atoms with E-state index in [1.807, 2.05) is 6.92 Å². The highest BCUT2D eigenvalue weighted by Gasteiger charge is 2.24. The highest BCUT2D eigenvalue weighted by molar-refractivity contribution is 5.75. The zero-order chi connectivity index (χ0) is 14.8. The fourth-order valence-corrected chi connectivity index (χ4v) is 3.21. The maximum atomic E-state index is 9.85. The molecule has 1 aliphatic heterocycles. The fourth-order valence-electron chi connectivity index (χ4n) is 3.21. The number of aromatic amines is 1. The third kappa shape index (κ3) is 3.27. The van der Waals surface area contributed by atoms with Gasteiger partial charge in [0.15, 0.2) is 0 Å². The Labute approximate surface area is 126 Å². The molecule has 1 unspecified atom stereocenters. The molecule has 1 aliphatic rings. The minimum Gasteiger partial charge on any atom is -0.392 e. The predicted octanol–water partition coefficient (Wildman–Crippen LogP) is 2.82. The molecule has 0 saturated carbocycles. The molecule has 2 heterocycles. The van der Waals surface area contributed by atoms with E-state index < -0.39 is 0 Å². The number of H-pyrrole nitrogens is 1. The number of aryl methyl sites for hydroxylation is 1. The van der Waals surface area contributed by atoms with Gasteiger partial charge in [-0.25, -0.2) is 4.98 Å². The van der Waals surface area contributed by atoms with Crippen molar-refractivity contribution in [1.82, 2.24) is 14.9 Å². The highest BCUT2D eigenvalue weighted by atomic mass is 16.3. The summed E-state index contributed by atoms with van der Waals surface area (Å²) in [5.41, 5.74) is 3.45. The Bertz CT molecular complexity index is 607. The first-order valence-corrected chi connectivity index (χ1v) is 8.02. The Kier molecular flexibility index (Phi) is 4.27. The van der Waals surface area contributed by atoms with Crippen molar-refractivity contribution in [3.8, 4) is 0 Å². The Morgan fingerprint density at radius 3 is 3.14 bits per heavy atom. The van der Waals surface area contributed by atoms with Crippen molar-refractivity contribution >= 4 is 11.0 Å². The molecular weight excluding hydrogens is 262 g/mol. The molecule has 4 heteroatoms. The van der Waals surface area contributed by atoms with Crippen LogP contribution in [0.3, 0.4) is 0 Å². The van der Waals surface area contributed by atoms with Crippen molar-refractivity contribution < 1.29 is 5.11 Å². The number of hydrogen-bond donors (Lipinski definition) is 2. The minimum atomic E-state index is -0.206. The molecule has 1 aromatic heterocycles. The number of aliphatic hydroxyl groups excluding tert-OH is 1. The summed E-state index contributed by atoms with van der Waals surface area (Å²) in [7, 11) is 0. The van der Waals surface area contributed by atoms with Crippen LogP contribution >= 0.6 is 0 Å². The van der Waals surface area contributed by atoms with Crippen LogP contribution in [0.1, 0.15) is 43.5 Å². The van der Waals surface area contributed by atoms with Crippen LogP contribution in [0, 0.1) is 6.92 Å². The summed E-state index contributed by atoms with van der Waals surface area (Å²) in [5, 5.41) is 9.85. The van der Waals surface area contributed by atoms with Gasteiger partial charge in [-0.3, -0.25) is 0 Å². The van der Waals surface area contributed by atoms with Crippen LogP contribution in [-0.4, -0.2) is 45.7 Å². The van der Waals surface area contributed by atoms with E-state index in [-0.39, 0.29) is 6.10 Å². The van der Waals surface area contributed by atoms with Gasteiger partial charge in [0.05, 0.1) is 17.1 Å². The van der Waals surface area contributed by atoms with Gasteiger partial charge in [-0.15, -0.1) is 0 Å². The summed E-state index contributed by atoms with van der Waals surface area (Å²) >= 11 is 0. The number of fused-ring (bicyclic) bond motifs is 1. The number of benzene rings is 1. The molecule has 0 aliphatic carbocycles. The molecule has 3 rings (SSSR count). The van der Waals surface area contributed by atoms with Gasteiger partial charge in [-0.05, 0) is 50.4 Å². The molecule has 1 fully saturated rings. The Morgan fingerprint density at radius 2 is 2.33 bits per heavy atom. The smallest absolute Gasteiger partial charge is 0.111 e. The monoisotopic (exact) mass is 287 g/mol. The second-order valence-corrected chi connectivity index (χ2v) is 6.30. The van der Waals surface area contributed by atoms with Crippen LogP contribution in [0.25, 0.3) is 11.0 Å². The lowest BCUT2D eigenvalue weighted by Crippen LogP contribution is -2.39. The number of nitrogens with one attached hydrogen (secondary N) is 1. The van der Waals surface area contributed by atoms with Gasteiger partial charge in [0, 0.05) is 19.0 Å². The first kappa shape index (κ1) is 14.5. The molecule has 2 N–H and O–H groups in total. The van der Waals surface area contributed by atoms with Gasteiger partial charge in [-0.2, -0.15) is 0 Å². The van der Waals surface area contributed by atoms with E-state index >= 15 is 0 Å². The Hall–Kier alpha value is -1.39. The largest absolute Gasteiger partial charge is 0.392 e. The quantitative estimate of drug-likeness (QED) is 0.909. The standard InChI is InChI=1S/C17H25N3O/c1-3-14(21)11-20-8-4-5-13(10-20)17-18-15-7-6-12(2)9-16(15)19-17/h6-7,9,13-14,21H,3-5,8,10-11H2,1-2H3,(H,18,19)/t13?,14-/m1/s1. The summed E-state index contributed by atoms with van der Waals surface area (Å²) in [4.78, 5) is 10.6. The molecule has 114 valence electrons. The lowest BCUT2D eigenvalue weighted by Gasteiger charge is -2.32. The van der Waals surface area contributed by atoms with E-state index in [1.54, 1.807) is 0 Å². The second-order valence-electron chi connectivity index (χ2n) is 6.30. The number of imidazole rings is 1. The average molecular weight is 287 g/mol. The highest BCUT2D eigenvalue weighted by Crippen LogP contribution is 2.27. The molecule has 2 atom stereocenters. The van der Waals surface area contributed by atoms with Crippen molar-refractivity contribution in [3.63, 3.8) is 0 Å². The van der Waals surface area contributed by atoms with Gasteiger partial charge in [0.1, 0.15) is 5.82 Å². The fraction of sp³-hybridized carbons (Fsp3) is 0.588. The summed E-state index contributed by atoms with van der Waals surface area (Å²) in [6, 6.07) is 6.36. The summed E-state index contributed by atoms with van der Waals surface area (Å²) < 4.78 is 0. The third-order valence-corrected chi connectivity index (χ3v) is 4.49. The summed E-state index contributed by atoms with van der Waals surface area (Å²) in [5.74, 6) is 1.56. The molecule has 0 bridgehead atoms. The summed E-state index contributed by atoms with van der Waals surface area (Å²) in [6.07, 6.45) is 2.97. The van der Waals surface area contributed by atoms with Crippen LogP contribution in [0.2, 0.25) is 0 Å². The number of rotatable bonds is 4. The first-order valence-electron chi connectivity index (χ1n) is 8.02. The van der Waals surface area contributed by atoms with E-state index in [2.05, 4.69) is 35.0 Å². The number of β-amino-alcohol motifs (C(OH)–C–C–N with tert-alkyl or cyclic N) is 1. The normalized spacial score (nSPS) is 21.8. The van der Waals surface area contributed by atoms with Crippen molar-refractivity contribution in [3.05, 3.63) is 29.6 Å². The van der Waals surface area contributed by atoms with Gasteiger partial charge in [0.25, 0.3) is 0 Å². The van der Waals surface area contributed by atoms with Gasteiger partial charge in [0.2, 0.25) is 0 Å². The average Bonchev–Trinajstić information content (AvgIpc) is 2.90. The Balaban J connectivity index is 1.75. The van der Waals surface area contributed by atoms with E-state index in [0.717, 1.165) is 42.9 Å². The lowest BCUT2D eigenvalue weighted by atomic mass is 9.97. The van der Waals surface area contributed by atoms with Crippen LogP contribution in [0.5, 0.6) is 0 Å². The summed E-state index contributed by atoms with van der Waals surface area (Å²) in [6.45, 7) is 7.01. The van der Waals surface area contributed by atoms with Crippen LogP contribution < -0.4 is 0 Å². The van der Waals surface area contributed by atoms with E-state index in [0.29, 0.717) is 5.92 Å². The SMILES string of the molecule is CC[C@@H](O)CN1CCCC(c2nc3ccc(C)cc3[nH]2)C1. The number of nitrogens with zero attached hydrogens (tertiary/aromatic N) is 2. The maximum Gasteiger partial charge on any atom is 0.111 e. The molecule has 4 nitrogen and oxygen atoms in total. The maximum absolute atomic E-state index is 9.85. The zero-order valence-electron chi connectivity index (χ0n) is 13.0. The molecule has 0 spiro atoms. The number of likely N-dealkylation sites (tertiary alicyclic amines) is 1. The second kappa shape index (κ2) is 6.16. The number of aromatic nitrogens is 2. The third-order valence-electron chi connectivity index (χ3n) is 4.49. The van der Waals surface area contributed by atoms with Crippen LogP contribution in [0.4, 0.5) is 0 Å². The molecule has 1 aromatic carbocycles. The minimum absolute atomic E-state index is 0.206. The van der Waals surface area contributed by atoms with Gasteiger partial charge >= 0.3 is 0 Å². The topological polar surface area (TPSA) is 52.1 Å². The number of piperidine rings is 1. The molecule has 1 saturated heterocycles. The molecule has 21 heavy (non-hydrogen) atoms. The lowest BCUT2D eigenvalue weighted by molar-refractivity contribution is 0.0919. The molecular formula is C17H25N3O. The van der Waals surface area contributed by atoms with Crippen molar-refractivity contribution in [2.45, 2.75) is 45.1 Å². The van der Waals surface area contributed by atoms with Crippen LogP contribution in [0.15, 0.2) is 18.2 Å². The molecule has 2 aromatic rings. The van der Waals surface area contributed by atoms with Gasteiger partial charge in [-0.1, -0.05) is 13.0 Å². The van der Waals surface area contributed by atoms with Gasteiger partial charge < -0.3 is 15.0 Å². The van der Waals surface area contributed by atoms with E-state index in [1.165, 1.54) is 18.4 Å². The van der Waals surface area contributed by atoms with Crippen molar-refractivity contribution in [1.29, 1.82) is 0 Å². The Morgan fingerprint density at radius 1 is 1.48 bits per heavy atom. The predicted molar refractivity (Wildman–Crippen MR) is 85.5 cm³/mol. The van der Waals surface area contributed by atoms with E-state index in [9.17, 15) is 5.11 Å². The van der Waals surface area contributed by atoms with Crippen molar-refractivity contribution in [2.75, 3.05) is 19.6 Å². The first-order chi connectivity index (χ1) is 10.2. The number of aliphatic hydroxyl groups is 1. The van der Waals surface area contributed by atoms with E-state index in [4.69, 9.17) is 4.98 Å². The zero-order valence-corrected chi connectivity index (χ0v) is 13.0. The van der Waals surface area contributed by atoms with Crippen LogP contribution in [-0.2, 0) is 0 Å². The van der Waals surface area contributed by atoms with Crippen molar-refractivity contribution in [2.24, 2.45) is 0 Å².